The quantitative estimate of drug-likeness (QED) is 0.745. The molecule has 4 aliphatic rings. The minimum Gasteiger partial charge on any atom is -0.329 e. The zero-order valence-corrected chi connectivity index (χ0v) is 16.6. The Bertz CT molecular complexity index is 870. The Hall–Kier alpha value is -2.25. The van der Waals surface area contributed by atoms with Crippen LogP contribution in [0.25, 0.3) is 0 Å². The Morgan fingerprint density at radius 3 is 2.79 bits per heavy atom. The lowest BCUT2D eigenvalue weighted by Crippen LogP contribution is -2.52. The molecular formula is C22H28N4O3. The van der Waals surface area contributed by atoms with Gasteiger partial charge in [0.2, 0.25) is 11.8 Å². The fourth-order valence-electron chi connectivity index (χ4n) is 5.90. The lowest BCUT2D eigenvalue weighted by atomic mass is 10.0. The number of piperidine rings is 1. The molecule has 2 saturated heterocycles. The van der Waals surface area contributed by atoms with E-state index in [9.17, 15) is 14.4 Å². The summed E-state index contributed by atoms with van der Waals surface area (Å²) in [7, 11) is 0. The summed E-state index contributed by atoms with van der Waals surface area (Å²) in [5.41, 5.74) is 8.91. The third kappa shape index (κ3) is 3.16. The second kappa shape index (κ2) is 7.22. The van der Waals surface area contributed by atoms with Crippen molar-refractivity contribution in [2.24, 2.45) is 11.7 Å². The van der Waals surface area contributed by atoms with Crippen LogP contribution < -0.4 is 11.1 Å². The summed E-state index contributed by atoms with van der Waals surface area (Å²) in [4.78, 5) is 40.7. The molecule has 7 heteroatoms. The fourth-order valence-corrected chi connectivity index (χ4v) is 5.90. The van der Waals surface area contributed by atoms with E-state index in [1.54, 1.807) is 4.90 Å². The van der Waals surface area contributed by atoms with E-state index >= 15 is 0 Å². The first kappa shape index (κ1) is 18.8. The van der Waals surface area contributed by atoms with Gasteiger partial charge in [0.25, 0.3) is 5.91 Å². The van der Waals surface area contributed by atoms with E-state index in [0.29, 0.717) is 37.2 Å². The number of imide groups is 1. The highest BCUT2D eigenvalue weighted by molar-refractivity contribution is 6.05. The number of amides is 3. The van der Waals surface area contributed by atoms with Crippen LogP contribution in [0.2, 0.25) is 0 Å². The van der Waals surface area contributed by atoms with Gasteiger partial charge in [-0.25, -0.2) is 0 Å². The summed E-state index contributed by atoms with van der Waals surface area (Å²) in [6, 6.07) is 6.59. The lowest BCUT2D eigenvalue weighted by molar-refractivity contribution is -0.136. The molecule has 0 spiro atoms. The summed E-state index contributed by atoms with van der Waals surface area (Å²) in [6.45, 7) is 1.99. The molecule has 3 N–H and O–H groups in total. The molecule has 0 aromatic heterocycles. The molecule has 3 aliphatic heterocycles. The SMILES string of the molecule is NC[C@@H]1C[C@@H]2CCC[C@@H]2N1Cc1ccc2c(c1)CN(C1CCC(=O)NC1=O)C2=O. The van der Waals surface area contributed by atoms with E-state index in [4.69, 9.17) is 5.73 Å². The van der Waals surface area contributed by atoms with Gasteiger partial charge in [-0.1, -0.05) is 18.6 Å². The number of likely N-dealkylation sites (tertiary alicyclic amines) is 1. The third-order valence-corrected chi connectivity index (χ3v) is 7.31. The molecule has 3 heterocycles. The van der Waals surface area contributed by atoms with Crippen LogP contribution in [0.4, 0.5) is 0 Å². The molecule has 1 unspecified atom stereocenters. The number of fused-ring (bicyclic) bond motifs is 2. The van der Waals surface area contributed by atoms with Gasteiger partial charge >= 0.3 is 0 Å². The normalized spacial score (nSPS) is 31.9. The van der Waals surface area contributed by atoms with Crippen molar-refractivity contribution in [2.75, 3.05) is 6.54 Å². The van der Waals surface area contributed by atoms with Crippen molar-refractivity contribution in [1.82, 2.24) is 15.1 Å². The minimum atomic E-state index is -0.560. The molecule has 0 bridgehead atoms. The van der Waals surface area contributed by atoms with Crippen molar-refractivity contribution in [2.45, 2.75) is 69.7 Å². The van der Waals surface area contributed by atoms with Crippen molar-refractivity contribution in [3.8, 4) is 0 Å². The van der Waals surface area contributed by atoms with Gasteiger partial charge < -0.3 is 10.6 Å². The highest BCUT2D eigenvalue weighted by Gasteiger charge is 2.43. The predicted molar refractivity (Wildman–Crippen MR) is 107 cm³/mol. The predicted octanol–water partition coefficient (Wildman–Crippen LogP) is 1.15. The van der Waals surface area contributed by atoms with Gasteiger partial charge in [0.05, 0.1) is 0 Å². The maximum atomic E-state index is 12.9. The number of carbonyl (C=O) groups excluding carboxylic acids is 3. The highest BCUT2D eigenvalue weighted by atomic mass is 16.2. The van der Waals surface area contributed by atoms with E-state index in [2.05, 4.69) is 16.3 Å². The highest BCUT2D eigenvalue weighted by Crippen LogP contribution is 2.42. The smallest absolute Gasteiger partial charge is 0.255 e. The summed E-state index contributed by atoms with van der Waals surface area (Å²) in [6.07, 6.45) is 5.76. The average molecular weight is 396 g/mol. The lowest BCUT2D eigenvalue weighted by Gasteiger charge is -2.29. The van der Waals surface area contributed by atoms with E-state index < -0.39 is 6.04 Å². The van der Waals surface area contributed by atoms with Gasteiger partial charge in [-0.3, -0.25) is 24.6 Å². The van der Waals surface area contributed by atoms with Gasteiger partial charge in [-0.2, -0.15) is 0 Å². The Kier molecular flexibility index (Phi) is 4.67. The van der Waals surface area contributed by atoms with Crippen LogP contribution in [0, 0.1) is 5.92 Å². The zero-order chi connectivity index (χ0) is 20.1. The number of hydrogen-bond acceptors (Lipinski definition) is 5. The summed E-state index contributed by atoms with van der Waals surface area (Å²) in [5.74, 6) is 0.0428. The first-order valence-corrected chi connectivity index (χ1v) is 10.8. The average Bonchev–Trinajstić information content (AvgIpc) is 3.37. The number of benzene rings is 1. The number of nitrogens with one attached hydrogen (secondary N) is 1. The third-order valence-electron chi connectivity index (χ3n) is 7.31. The standard InChI is InChI=1S/C22H28N4O3/c23-10-16-9-14-2-1-3-18(14)25(16)11-13-4-5-17-15(8-13)12-26(22(17)29)19-6-7-20(27)24-21(19)28/h4-5,8,14,16,18-19H,1-3,6-7,9-12,23H2,(H,24,27,28)/t14-,16-,18-,19?/m0/s1. The van der Waals surface area contributed by atoms with Crippen LogP contribution in [-0.2, 0) is 22.7 Å². The molecule has 7 nitrogen and oxygen atoms in total. The van der Waals surface area contributed by atoms with Crippen LogP contribution in [0.5, 0.6) is 0 Å². The fraction of sp³-hybridized carbons (Fsp3) is 0.591. The Labute approximate surface area is 170 Å². The maximum Gasteiger partial charge on any atom is 0.255 e. The molecule has 0 radical (unpaired) electrons. The zero-order valence-electron chi connectivity index (χ0n) is 16.6. The monoisotopic (exact) mass is 396 g/mol. The van der Waals surface area contributed by atoms with Gasteiger partial charge in [0, 0.05) is 43.7 Å². The topological polar surface area (TPSA) is 95.7 Å². The van der Waals surface area contributed by atoms with Gasteiger partial charge in [-0.05, 0) is 48.8 Å². The Morgan fingerprint density at radius 1 is 1.14 bits per heavy atom. The minimum absolute atomic E-state index is 0.113. The molecule has 1 aromatic rings. The summed E-state index contributed by atoms with van der Waals surface area (Å²) in [5, 5.41) is 2.36. The van der Waals surface area contributed by atoms with E-state index in [1.165, 1.54) is 31.2 Å². The summed E-state index contributed by atoms with van der Waals surface area (Å²) >= 11 is 0. The van der Waals surface area contributed by atoms with Crippen LogP contribution in [-0.4, -0.2) is 52.2 Å². The number of carbonyl (C=O) groups is 3. The molecule has 3 amide bonds. The Balaban J connectivity index is 1.33. The van der Waals surface area contributed by atoms with Crippen molar-refractivity contribution < 1.29 is 14.4 Å². The first-order valence-electron chi connectivity index (χ1n) is 10.8. The van der Waals surface area contributed by atoms with Crippen molar-refractivity contribution in [3.63, 3.8) is 0 Å². The van der Waals surface area contributed by atoms with E-state index in [-0.39, 0.29) is 24.1 Å². The Morgan fingerprint density at radius 2 is 2.00 bits per heavy atom. The molecule has 5 rings (SSSR count). The van der Waals surface area contributed by atoms with Crippen LogP contribution in [0.3, 0.4) is 0 Å². The maximum absolute atomic E-state index is 12.9. The van der Waals surface area contributed by atoms with Crippen LogP contribution in [0.1, 0.15) is 60.0 Å². The largest absolute Gasteiger partial charge is 0.329 e. The van der Waals surface area contributed by atoms with Gasteiger partial charge in [0.15, 0.2) is 0 Å². The van der Waals surface area contributed by atoms with Crippen molar-refractivity contribution in [3.05, 3.63) is 34.9 Å². The van der Waals surface area contributed by atoms with Crippen LogP contribution in [0.15, 0.2) is 18.2 Å². The van der Waals surface area contributed by atoms with Gasteiger partial charge in [0.1, 0.15) is 6.04 Å². The van der Waals surface area contributed by atoms with Crippen molar-refractivity contribution in [1.29, 1.82) is 0 Å². The molecule has 1 saturated carbocycles. The number of nitrogens with two attached hydrogens (primary N) is 1. The van der Waals surface area contributed by atoms with Gasteiger partial charge in [-0.15, -0.1) is 0 Å². The van der Waals surface area contributed by atoms with Crippen LogP contribution >= 0.6 is 0 Å². The van der Waals surface area contributed by atoms with E-state index in [1.807, 2.05) is 12.1 Å². The molecule has 154 valence electrons. The molecule has 1 aromatic carbocycles. The van der Waals surface area contributed by atoms with E-state index in [0.717, 1.165) is 18.0 Å². The number of hydrogen-bond donors (Lipinski definition) is 2. The number of rotatable bonds is 4. The van der Waals surface area contributed by atoms with Crippen molar-refractivity contribution >= 4 is 17.7 Å². The molecule has 29 heavy (non-hydrogen) atoms. The molecule has 1 aliphatic carbocycles. The molecular weight excluding hydrogens is 368 g/mol. The second-order valence-corrected chi connectivity index (χ2v) is 8.95. The molecule has 4 atom stereocenters. The summed E-state index contributed by atoms with van der Waals surface area (Å²) < 4.78 is 0. The molecule has 3 fully saturated rings. The first-order chi connectivity index (χ1) is 14.0. The number of nitrogens with zero attached hydrogens (tertiary/aromatic N) is 2. The second-order valence-electron chi connectivity index (χ2n) is 8.95.